The number of aromatic nitrogens is 2. The van der Waals surface area contributed by atoms with Crippen LogP contribution in [0.5, 0.6) is 0 Å². The molecule has 2 aromatic rings. The van der Waals surface area contributed by atoms with Gasteiger partial charge in [0.05, 0.1) is 6.20 Å². The van der Waals surface area contributed by atoms with Crippen LogP contribution in [0.4, 0.5) is 5.82 Å². The number of hydrogen-bond donors (Lipinski definition) is 1. The zero-order chi connectivity index (χ0) is 14.0. The lowest BCUT2D eigenvalue weighted by Crippen LogP contribution is -2.15. The average molecular weight is 296 g/mol. The number of nitriles is 1. The van der Waals surface area contributed by atoms with E-state index in [2.05, 4.69) is 9.82 Å². The Morgan fingerprint density at radius 3 is 2.84 bits per heavy atom. The van der Waals surface area contributed by atoms with Crippen molar-refractivity contribution in [1.29, 1.82) is 5.26 Å². The zero-order valence-corrected chi connectivity index (χ0v) is 12.0. The van der Waals surface area contributed by atoms with Gasteiger partial charge in [0.15, 0.2) is 5.82 Å². The molecule has 0 spiro atoms. The Hall–Kier alpha value is -1.85. The first kappa shape index (κ1) is 13.6. The topological polar surface area (TPSA) is 87.8 Å². The Balaban J connectivity index is 2.36. The molecule has 0 amide bonds. The molecule has 0 aliphatic rings. The van der Waals surface area contributed by atoms with E-state index in [9.17, 15) is 8.42 Å². The molecule has 0 radical (unpaired) electrons. The van der Waals surface area contributed by atoms with E-state index in [-0.39, 0.29) is 15.6 Å². The summed E-state index contributed by atoms with van der Waals surface area (Å²) < 4.78 is 28.4. The van der Waals surface area contributed by atoms with Crippen LogP contribution in [0.1, 0.15) is 17.4 Å². The van der Waals surface area contributed by atoms with Gasteiger partial charge in [0.1, 0.15) is 15.8 Å². The second kappa shape index (κ2) is 5.03. The number of aryl methyl sites for hydroxylation is 2. The molecule has 0 saturated carbocycles. The van der Waals surface area contributed by atoms with Crippen molar-refractivity contribution in [1.82, 2.24) is 9.78 Å². The summed E-state index contributed by atoms with van der Waals surface area (Å²) in [4.78, 5) is 0.992. The van der Waals surface area contributed by atoms with E-state index in [0.717, 1.165) is 11.3 Å². The first-order valence-corrected chi connectivity index (χ1v) is 7.81. The molecule has 19 heavy (non-hydrogen) atoms. The Labute approximate surface area is 115 Å². The Morgan fingerprint density at radius 2 is 2.26 bits per heavy atom. The van der Waals surface area contributed by atoms with E-state index in [1.54, 1.807) is 19.2 Å². The molecule has 0 aromatic carbocycles. The van der Waals surface area contributed by atoms with Crippen molar-refractivity contribution in [3.63, 3.8) is 0 Å². The van der Waals surface area contributed by atoms with E-state index in [4.69, 9.17) is 5.26 Å². The van der Waals surface area contributed by atoms with Crippen LogP contribution in [0.15, 0.2) is 22.5 Å². The fourth-order valence-electron chi connectivity index (χ4n) is 1.51. The van der Waals surface area contributed by atoms with Gasteiger partial charge >= 0.3 is 0 Å². The van der Waals surface area contributed by atoms with Crippen LogP contribution in [-0.2, 0) is 23.5 Å². The minimum atomic E-state index is -3.67. The number of hydrogen-bond acceptors (Lipinski definition) is 5. The summed E-state index contributed by atoms with van der Waals surface area (Å²) in [7, 11) is -2.10. The maximum Gasteiger partial charge on any atom is 0.272 e. The van der Waals surface area contributed by atoms with E-state index >= 15 is 0 Å². The lowest BCUT2D eigenvalue weighted by molar-refractivity contribution is 0.602. The van der Waals surface area contributed by atoms with Crippen LogP contribution in [0.2, 0.25) is 0 Å². The minimum Gasteiger partial charge on any atom is -0.262 e. The molecule has 1 N–H and O–H groups in total. The molecule has 2 rings (SSSR count). The van der Waals surface area contributed by atoms with Crippen LogP contribution >= 0.6 is 11.3 Å². The molecule has 0 fully saturated rings. The first-order valence-electron chi connectivity index (χ1n) is 5.51. The second-order valence-corrected chi connectivity index (χ2v) is 6.90. The number of thiophene rings is 1. The van der Waals surface area contributed by atoms with Gasteiger partial charge in [-0.2, -0.15) is 10.4 Å². The molecule has 0 bridgehead atoms. The Bertz CT molecular complexity index is 737. The molecule has 2 aromatic heterocycles. The third-order valence-corrected chi connectivity index (χ3v) is 5.60. The van der Waals surface area contributed by atoms with Crippen molar-refractivity contribution in [3.8, 4) is 6.07 Å². The van der Waals surface area contributed by atoms with E-state index in [1.807, 2.05) is 13.0 Å². The molecule has 2 heterocycles. The molecule has 6 nitrogen and oxygen atoms in total. The predicted octanol–water partition coefficient (Wildman–Crippen LogP) is 1.72. The lowest BCUT2D eigenvalue weighted by Gasteiger charge is -2.06. The van der Waals surface area contributed by atoms with Crippen molar-refractivity contribution in [3.05, 3.63) is 28.8 Å². The molecule has 0 atom stereocenters. The van der Waals surface area contributed by atoms with Gasteiger partial charge in [0, 0.05) is 11.9 Å². The van der Waals surface area contributed by atoms with E-state index < -0.39 is 10.0 Å². The summed E-state index contributed by atoms with van der Waals surface area (Å²) in [6.45, 7) is 1.96. The number of nitrogens with zero attached hydrogens (tertiary/aromatic N) is 3. The number of nitrogens with one attached hydrogen (secondary N) is 1. The lowest BCUT2D eigenvalue weighted by atomic mass is 10.4. The van der Waals surface area contributed by atoms with Crippen LogP contribution in [0.3, 0.4) is 0 Å². The average Bonchev–Trinajstić information content (AvgIpc) is 2.98. The Morgan fingerprint density at radius 1 is 1.53 bits per heavy atom. The highest BCUT2D eigenvalue weighted by Gasteiger charge is 2.20. The summed E-state index contributed by atoms with van der Waals surface area (Å²) in [6, 6.07) is 5.25. The molecule has 0 unspecified atom stereocenters. The standard InChI is InChI=1S/C11H12N4O2S2/c1-3-9-4-5-10(18-9)19(16,17)14-11-8(6-12)7-13-15(11)2/h4-5,7,14H,3H2,1-2H3. The van der Waals surface area contributed by atoms with Crippen molar-refractivity contribution < 1.29 is 8.42 Å². The summed E-state index contributed by atoms with van der Waals surface area (Å²) in [5.41, 5.74) is 0.193. The summed E-state index contributed by atoms with van der Waals surface area (Å²) in [5.74, 6) is 0.175. The quantitative estimate of drug-likeness (QED) is 0.930. The molecular formula is C11H12N4O2S2. The van der Waals surface area contributed by atoms with E-state index in [0.29, 0.717) is 0 Å². The number of anilines is 1. The third kappa shape index (κ3) is 2.62. The van der Waals surface area contributed by atoms with Gasteiger partial charge in [0.2, 0.25) is 0 Å². The van der Waals surface area contributed by atoms with Crippen LogP contribution in [0.25, 0.3) is 0 Å². The largest absolute Gasteiger partial charge is 0.272 e. The van der Waals surface area contributed by atoms with E-state index in [1.165, 1.54) is 22.2 Å². The molecule has 8 heteroatoms. The highest BCUT2D eigenvalue weighted by molar-refractivity contribution is 7.94. The fraction of sp³-hybridized carbons (Fsp3) is 0.273. The summed E-state index contributed by atoms with van der Waals surface area (Å²) in [5, 5.41) is 12.8. The summed E-state index contributed by atoms with van der Waals surface area (Å²) >= 11 is 1.22. The molecule has 0 aliphatic heterocycles. The van der Waals surface area contributed by atoms with Crippen molar-refractivity contribution in [2.75, 3.05) is 4.72 Å². The highest BCUT2D eigenvalue weighted by Crippen LogP contribution is 2.25. The predicted molar refractivity (Wildman–Crippen MR) is 72.4 cm³/mol. The van der Waals surface area contributed by atoms with Crippen LogP contribution in [0, 0.1) is 11.3 Å². The molecule has 0 saturated heterocycles. The number of rotatable bonds is 4. The third-order valence-electron chi connectivity index (χ3n) is 2.54. The van der Waals surface area contributed by atoms with Crippen LogP contribution in [-0.4, -0.2) is 18.2 Å². The minimum absolute atomic E-state index is 0.175. The SMILES string of the molecule is CCc1ccc(S(=O)(=O)Nc2c(C#N)cnn2C)s1. The normalized spacial score (nSPS) is 11.2. The maximum atomic E-state index is 12.2. The van der Waals surface area contributed by atoms with Gasteiger partial charge in [-0.3, -0.25) is 9.40 Å². The monoisotopic (exact) mass is 296 g/mol. The zero-order valence-electron chi connectivity index (χ0n) is 10.4. The van der Waals surface area contributed by atoms with Crippen molar-refractivity contribution in [2.45, 2.75) is 17.6 Å². The van der Waals surface area contributed by atoms with Crippen molar-refractivity contribution >= 4 is 27.2 Å². The molecular weight excluding hydrogens is 284 g/mol. The van der Waals surface area contributed by atoms with Gasteiger partial charge in [-0.05, 0) is 18.6 Å². The van der Waals surface area contributed by atoms with Crippen molar-refractivity contribution in [2.24, 2.45) is 7.05 Å². The molecule has 100 valence electrons. The second-order valence-electron chi connectivity index (χ2n) is 3.82. The smallest absolute Gasteiger partial charge is 0.262 e. The van der Waals surface area contributed by atoms with Crippen LogP contribution < -0.4 is 4.72 Å². The first-order chi connectivity index (χ1) is 8.97. The van der Waals surface area contributed by atoms with Gasteiger partial charge in [-0.15, -0.1) is 11.3 Å². The van der Waals surface area contributed by atoms with Gasteiger partial charge in [0.25, 0.3) is 10.0 Å². The number of sulfonamides is 1. The highest BCUT2D eigenvalue weighted by atomic mass is 32.2. The molecule has 0 aliphatic carbocycles. The van der Waals surface area contributed by atoms with Gasteiger partial charge in [-0.25, -0.2) is 8.42 Å². The van der Waals surface area contributed by atoms with Gasteiger partial charge in [-0.1, -0.05) is 6.92 Å². The summed E-state index contributed by atoms with van der Waals surface area (Å²) in [6.07, 6.45) is 2.11. The Kier molecular flexibility index (Phi) is 3.59. The maximum absolute atomic E-state index is 12.2. The fourth-order valence-corrected chi connectivity index (χ4v) is 3.91. The van der Waals surface area contributed by atoms with Gasteiger partial charge < -0.3 is 0 Å².